The average Bonchev–Trinajstić information content (AvgIpc) is 2.38. The van der Waals surface area contributed by atoms with E-state index in [1.807, 2.05) is 0 Å². The minimum Gasteiger partial charge on any atom is -0.495 e. The Bertz CT molecular complexity index is 530. The van der Waals surface area contributed by atoms with Crippen LogP contribution in [0.2, 0.25) is 0 Å². The smallest absolute Gasteiger partial charge is 0.244 e. The van der Waals surface area contributed by atoms with Crippen LogP contribution in [0.3, 0.4) is 0 Å². The molecule has 0 aromatic heterocycles. The van der Waals surface area contributed by atoms with Crippen molar-refractivity contribution in [1.29, 1.82) is 0 Å². The quantitative estimate of drug-likeness (QED) is 0.550. The zero-order valence-corrected chi connectivity index (χ0v) is 11.9. The van der Waals surface area contributed by atoms with E-state index >= 15 is 0 Å². The molecule has 0 aliphatic heterocycles. The molecule has 8 heteroatoms. The SMILES string of the molecule is COCCNS(=O)(=O)c1cc(N)c(OC)cc1OC. The highest BCUT2D eigenvalue weighted by Crippen LogP contribution is 2.33. The Morgan fingerprint density at radius 1 is 1.16 bits per heavy atom. The van der Waals surface area contributed by atoms with Crippen LogP contribution in [0.4, 0.5) is 5.69 Å². The molecule has 1 aromatic carbocycles. The highest BCUT2D eigenvalue weighted by molar-refractivity contribution is 7.89. The Labute approximate surface area is 112 Å². The van der Waals surface area contributed by atoms with Gasteiger partial charge >= 0.3 is 0 Å². The Morgan fingerprint density at radius 3 is 2.32 bits per heavy atom. The predicted molar refractivity (Wildman–Crippen MR) is 71.0 cm³/mol. The minimum atomic E-state index is -3.71. The number of anilines is 1. The fraction of sp³-hybridized carbons (Fsp3) is 0.455. The maximum absolute atomic E-state index is 12.1. The number of hydrogen-bond acceptors (Lipinski definition) is 6. The third-order valence-corrected chi connectivity index (χ3v) is 3.89. The molecule has 0 saturated carbocycles. The van der Waals surface area contributed by atoms with E-state index in [1.54, 1.807) is 0 Å². The minimum absolute atomic E-state index is 0.0376. The summed E-state index contributed by atoms with van der Waals surface area (Å²) in [5.74, 6) is 0.517. The van der Waals surface area contributed by atoms with Crippen molar-refractivity contribution in [3.8, 4) is 11.5 Å². The summed E-state index contributed by atoms with van der Waals surface area (Å²) in [5, 5.41) is 0. The van der Waals surface area contributed by atoms with Crippen molar-refractivity contribution in [2.24, 2.45) is 0 Å². The lowest BCUT2D eigenvalue weighted by atomic mass is 10.3. The van der Waals surface area contributed by atoms with Crippen LogP contribution in [0.1, 0.15) is 0 Å². The predicted octanol–water partition coefficient (Wildman–Crippen LogP) is 0.211. The van der Waals surface area contributed by atoms with Crippen LogP contribution in [0.5, 0.6) is 11.5 Å². The van der Waals surface area contributed by atoms with Crippen molar-refractivity contribution in [3.05, 3.63) is 12.1 Å². The number of benzene rings is 1. The lowest BCUT2D eigenvalue weighted by molar-refractivity contribution is 0.204. The first kappa shape index (κ1) is 15.5. The monoisotopic (exact) mass is 290 g/mol. The molecule has 0 atom stereocenters. The van der Waals surface area contributed by atoms with Crippen molar-refractivity contribution in [3.63, 3.8) is 0 Å². The second-order valence-corrected chi connectivity index (χ2v) is 5.37. The molecule has 0 aliphatic carbocycles. The van der Waals surface area contributed by atoms with E-state index in [0.29, 0.717) is 5.75 Å². The molecule has 0 amide bonds. The molecule has 3 N–H and O–H groups in total. The van der Waals surface area contributed by atoms with Crippen LogP contribution in [-0.2, 0) is 14.8 Å². The number of sulfonamides is 1. The number of nitrogen functional groups attached to an aromatic ring is 1. The summed E-state index contributed by atoms with van der Waals surface area (Å²) in [7, 11) is 0.588. The summed E-state index contributed by atoms with van der Waals surface area (Å²) in [6.45, 7) is 0.432. The van der Waals surface area contributed by atoms with Gasteiger partial charge < -0.3 is 19.9 Å². The van der Waals surface area contributed by atoms with Crippen molar-refractivity contribution >= 4 is 15.7 Å². The number of hydrogen-bond donors (Lipinski definition) is 2. The van der Waals surface area contributed by atoms with Gasteiger partial charge in [-0.2, -0.15) is 0 Å². The third-order valence-electron chi connectivity index (χ3n) is 2.40. The summed E-state index contributed by atoms with van der Waals surface area (Å²) in [4.78, 5) is -0.0376. The van der Waals surface area contributed by atoms with Gasteiger partial charge in [-0.05, 0) is 6.07 Å². The largest absolute Gasteiger partial charge is 0.495 e. The first-order chi connectivity index (χ1) is 8.96. The Kier molecular flexibility index (Phi) is 5.40. The van der Waals surface area contributed by atoms with E-state index in [9.17, 15) is 8.42 Å². The van der Waals surface area contributed by atoms with E-state index in [-0.39, 0.29) is 29.5 Å². The Balaban J connectivity index is 3.14. The topological polar surface area (TPSA) is 99.9 Å². The molecular weight excluding hydrogens is 272 g/mol. The lowest BCUT2D eigenvalue weighted by Gasteiger charge is -2.13. The number of methoxy groups -OCH3 is 3. The van der Waals surface area contributed by atoms with Crippen LogP contribution in [0, 0.1) is 0 Å². The zero-order valence-electron chi connectivity index (χ0n) is 11.1. The summed E-state index contributed by atoms with van der Waals surface area (Å²) < 4.78 is 41.4. The van der Waals surface area contributed by atoms with E-state index in [1.165, 1.54) is 33.5 Å². The molecule has 0 unspecified atom stereocenters. The molecule has 0 radical (unpaired) electrons. The van der Waals surface area contributed by atoms with E-state index in [2.05, 4.69) is 4.72 Å². The summed E-state index contributed by atoms with van der Waals surface area (Å²) >= 11 is 0. The molecule has 1 aromatic rings. The molecule has 0 heterocycles. The van der Waals surface area contributed by atoms with Gasteiger partial charge in [0.15, 0.2) is 0 Å². The second kappa shape index (κ2) is 6.60. The third kappa shape index (κ3) is 3.72. The maximum Gasteiger partial charge on any atom is 0.244 e. The van der Waals surface area contributed by atoms with Gasteiger partial charge in [-0.3, -0.25) is 0 Å². The first-order valence-electron chi connectivity index (χ1n) is 5.46. The van der Waals surface area contributed by atoms with E-state index < -0.39 is 10.0 Å². The molecule has 0 spiro atoms. The fourth-order valence-electron chi connectivity index (χ4n) is 1.46. The second-order valence-electron chi connectivity index (χ2n) is 3.64. The van der Waals surface area contributed by atoms with Gasteiger partial charge in [0.05, 0.1) is 26.5 Å². The van der Waals surface area contributed by atoms with Crippen LogP contribution in [0.15, 0.2) is 17.0 Å². The number of nitrogens with one attached hydrogen (secondary N) is 1. The highest BCUT2D eigenvalue weighted by atomic mass is 32.2. The molecule has 19 heavy (non-hydrogen) atoms. The highest BCUT2D eigenvalue weighted by Gasteiger charge is 2.21. The molecule has 1 rings (SSSR count). The van der Waals surface area contributed by atoms with Gasteiger partial charge in [-0.15, -0.1) is 0 Å². The number of ether oxygens (including phenoxy) is 3. The van der Waals surface area contributed by atoms with Crippen molar-refractivity contribution in [2.75, 3.05) is 40.2 Å². The summed E-state index contributed by atoms with van der Waals surface area (Å²) in [5.41, 5.74) is 5.93. The van der Waals surface area contributed by atoms with Crippen LogP contribution in [-0.4, -0.2) is 42.9 Å². The number of nitrogens with two attached hydrogens (primary N) is 1. The first-order valence-corrected chi connectivity index (χ1v) is 6.94. The summed E-state index contributed by atoms with van der Waals surface area (Å²) in [6, 6.07) is 2.73. The average molecular weight is 290 g/mol. The number of rotatable bonds is 7. The van der Waals surface area contributed by atoms with E-state index in [0.717, 1.165) is 0 Å². The Hall–Kier alpha value is -1.51. The van der Waals surface area contributed by atoms with Gasteiger partial charge in [0.2, 0.25) is 10.0 Å². The van der Waals surface area contributed by atoms with Gasteiger partial charge in [0.1, 0.15) is 16.4 Å². The Morgan fingerprint density at radius 2 is 1.79 bits per heavy atom. The van der Waals surface area contributed by atoms with Crippen LogP contribution in [0.25, 0.3) is 0 Å². The van der Waals surface area contributed by atoms with Crippen LogP contribution >= 0.6 is 0 Å². The van der Waals surface area contributed by atoms with E-state index in [4.69, 9.17) is 19.9 Å². The maximum atomic E-state index is 12.1. The molecule has 7 nitrogen and oxygen atoms in total. The molecular formula is C11H18N2O5S. The molecule has 0 bridgehead atoms. The summed E-state index contributed by atoms with van der Waals surface area (Å²) in [6.07, 6.45) is 0. The van der Waals surface area contributed by atoms with Gasteiger partial charge in [0, 0.05) is 19.7 Å². The molecule has 0 fully saturated rings. The van der Waals surface area contributed by atoms with Crippen molar-refractivity contribution in [2.45, 2.75) is 4.90 Å². The van der Waals surface area contributed by atoms with Crippen LogP contribution < -0.4 is 19.9 Å². The normalized spacial score (nSPS) is 11.3. The molecule has 0 aliphatic rings. The molecule has 0 saturated heterocycles. The van der Waals surface area contributed by atoms with Crippen molar-refractivity contribution in [1.82, 2.24) is 4.72 Å². The zero-order chi connectivity index (χ0) is 14.5. The standard InChI is InChI=1S/C11H18N2O5S/c1-16-5-4-13-19(14,15)11-6-8(12)9(17-2)7-10(11)18-3/h6-7,13H,4-5,12H2,1-3H3. The van der Waals surface area contributed by atoms with Gasteiger partial charge in [0.25, 0.3) is 0 Å². The van der Waals surface area contributed by atoms with Crippen molar-refractivity contribution < 1.29 is 22.6 Å². The molecule has 108 valence electrons. The van der Waals surface area contributed by atoms with Gasteiger partial charge in [-0.25, -0.2) is 13.1 Å². The lowest BCUT2D eigenvalue weighted by Crippen LogP contribution is -2.27. The van der Waals surface area contributed by atoms with Gasteiger partial charge in [-0.1, -0.05) is 0 Å². The fourth-order valence-corrected chi connectivity index (χ4v) is 2.66.